The summed E-state index contributed by atoms with van der Waals surface area (Å²) in [4.78, 5) is 4.85. The van der Waals surface area contributed by atoms with E-state index in [0.717, 1.165) is 5.65 Å². The smallest absolute Gasteiger partial charge is 0.137 e. The fraction of sp³-hybridized carbons (Fsp3) is 0.562. The highest BCUT2D eigenvalue weighted by Gasteiger charge is 2.27. The zero-order valence-corrected chi connectivity index (χ0v) is 12.4. The van der Waals surface area contributed by atoms with E-state index in [4.69, 9.17) is 4.98 Å². The molecule has 98 valence electrons. The molecule has 2 rings (SSSR count). The molecule has 0 spiro atoms. The Labute approximate surface area is 110 Å². The average Bonchev–Trinajstić information content (AvgIpc) is 2.66. The van der Waals surface area contributed by atoms with E-state index in [-0.39, 0.29) is 5.41 Å². The summed E-state index contributed by atoms with van der Waals surface area (Å²) in [6, 6.07) is 6.22. The molecule has 0 fully saturated rings. The van der Waals surface area contributed by atoms with Gasteiger partial charge in [0.1, 0.15) is 5.65 Å². The standard InChI is InChI=1S/C16H24N2/c1-11(2)12(3)14-15(16(4,5)6)17-13-9-7-8-10-18(13)14/h7-12H,1-6H3. The predicted octanol–water partition coefficient (Wildman–Crippen LogP) is 4.39. The molecule has 1 atom stereocenters. The van der Waals surface area contributed by atoms with Crippen LogP contribution in [0.15, 0.2) is 24.4 Å². The Bertz CT molecular complexity index is 544. The molecule has 0 aliphatic heterocycles. The number of pyridine rings is 1. The predicted molar refractivity (Wildman–Crippen MR) is 77.1 cm³/mol. The van der Waals surface area contributed by atoms with Crippen LogP contribution in [0.2, 0.25) is 0 Å². The van der Waals surface area contributed by atoms with Crippen LogP contribution in [-0.4, -0.2) is 9.38 Å². The van der Waals surface area contributed by atoms with Crippen molar-refractivity contribution in [1.29, 1.82) is 0 Å². The van der Waals surface area contributed by atoms with Crippen LogP contribution in [0.4, 0.5) is 0 Å². The molecule has 0 aromatic carbocycles. The SMILES string of the molecule is CC(C)C(C)c1c(C(C)(C)C)nc2ccccn12. The van der Waals surface area contributed by atoms with E-state index in [2.05, 4.69) is 70.3 Å². The molecule has 0 amide bonds. The number of nitrogens with zero attached hydrogens (tertiary/aromatic N) is 2. The molecule has 2 nitrogen and oxygen atoms in total. The summed E-state index contributed by atoms with van der Waals surface area (Å²) in [7, 11) is 0. The van der Waals surface area contributed by atoms with Gasteiger partial charge in [0.15, 0.2) is 0 Å². The highest BCUT2D eigenvalue weighted by molar-refractivity contribution is 5.46. The van der Waals surface area contributed by atoms with Crippen LogP contribution in [0.3, 0.4) is 0 Å². The van der Waals surface area contributed by atoms with E-state index in [1.165, 1.54) is 11.4 Å². The van der Waals surface area contributed by atoms with Crippen LogP contribution >= 0.6 is 0 Å². The number of hydrogen-bond acceptors (Lipinski definition) is 1. The summed E-state index contributed by atoms with van der Waals surface area (Å²) in [5, 5.41) is 0. The molecule has 0 aliphatic carbocycles. The first kappa shape index (κ1) is 13.1. The van der Waals surface area contributed by atoms with Gasteiger partial charge in [0.2, 0.25) is 0 Å². The lowest BCUT2D eigenvalue weighted by Gasteiger charge is -2.23. The molecule has 2 aromatic heterocycles. The van der Waals surface area contributed by atoms with Crippen LogP contribution in [0.5, 0.6) is 0 Å². The van der Waals surface area contributed by atoms with Gasteiger partial charge >= 0.3 is 0 Å². The molecule has 0 bridgehead atoms. The number of rotatable bonds is 2. The van der Waals surface area contributed by atoms with Crippen LogP contribution in [0.25, 0.3) is 5.65 Å². The first-order valence-corrected chi connectivity index (χ1v) is 6.80. The maximum absolute atomic E-state index is 4.85. The van der Waals surface area contributed by atoms with Crippen LogP contribution in [0.1, 0.15) is 58.8 Å². The van der Waals surface area contributed by atoms with E-state index in [9.17, 15) is 0 Å². The largest absolute Gasteiger partial charge is 0.303 e. The van der Waals surface area contributed by atoms with Crippen molar-refractivity contribution in [3.8, 4) is 0 Å². The number of imidazole rings is 1. The lowest BCUT2D eigenvalue weighted by molar-refractivity contribution is 0.492. The Kier molecular flexibility index (Phi) is 3.22. The fourth-order valence-corrected chi connectivity index (χ4v) is 2.32. The van der Waals surface area contributed by atoms with Crippen molar-refractivity contribution in [1.82, 2.24) is 9.38 Å². The molecule has 18 heavy (non-hydrogen) atoms. The molecule has 0 N–H and O–H groups in total. The lowest BCUT2D eigenvalue weighted by atomic mass is 9.84. The first-order valence-electron chi connectivity index (χ1n) is 6.80. The van der Waals surface area contributed by atoms with Gasteiger partial charge in [-0.2, -0.15) is 0 Å². The summed E-state index contributed by atoms with van der Waals surface area (Å²) in [6.07, 6.45) is 2.13. The molecular weight excluding hydrogens is 220 g/mol. The average molecular weight is 244 g/mol. The molecule has 1 unspecified atom stereocenters. The third kappa shape index (κ3) is 2.16. The van der Waals surface area contributed by atoms with Crippen molar-refractivity contribution in [2.75, 3.05) is 0 Å². The van der Waals surface area contributed by atoms with Crippen molar-refractivity contribution in [3.05, 3.63) is 35.8 Å². The van der Waals surface area contributed by atoms with E-state index in [0.29, 0.717) is 11.8 Å². The van der Waals surface area contributed by atoms with Gasteiger partial charge in [-0.3, -0.25) is 0 Å². The summed E-state index contributed by atoms with van der Waals surface area (Å²) >= 11 is 0. The highest BCUT2D eigenvalue weighted by atomic mass is 15.0. The molecular formula is C16H24N2. The van der Waals surface area contributed by atoms with Crippen molar-refractivity contribution in [3.63, 3.8) is 0 Å². The monoisotopic (exact) mass is 244 g/mol. The van der Waals surface area contributed by atoms with Crippen molar-refractivity contribution < 1.29 is 0 Å². The summed E-state index contributed by atoms with van der Waals surface area (Å²) < 4.78 is 2.26. The van der Waals surface area contributed by atoms with Crippen LogP contribution < -0.4 is 0 Å². The van der Waals surface area contributed by atoms with Gasteiger partial charge in [-0.05, 0) is 18.1 Å². The van der Waals surface area contributed by atoms with Gasteiger partial charge in [0.25, 0.3) is 0 Å². The van der Waals surface area contributed by atoms with Gasteiger partial charge in [-0.15, -0.1) is 0 Å². The van der Waals surface area contributed by atoms with E-state index in [1.54, 1.807) is 0 Å². The minimum atomic E-state index is 0.0878. The molecule has 0 saturated heterocycles. The molecule has 0 aliphatic rings. The topological polar surface area (TPSA) is 17.3 Å². The molecule has 2 aromatic rings. The zero-order valence-electron chi connectivity index (χ0n) is 12.4. The third-order valence-corrected chi connectivity index (χ3v) is 3.71. The lowest BCUT2D eigenvalue weighted by Crippen LogP contribution is -2.18. The Morgan fingerprint density at radius 1 is 1.11 bits per heavy atom. The maximum Gasteiger partial charge on any atom is 0.137 e. The summed E-state index contributed by atoms with van der Waals surface area (Å²) in [5.41, 5.74) is 3.75. The van der Waals surface area contributed by atoms with Gasteiger partial charge in [0, 0.05) is 23.2 Å². The minimum absolute atomic E-state index is 0.0878. The normalized spacial score (nSPS) is 14.4. The Balaban J connectivity index is 2.73. The Morgan fingerprint density at radius 3 is 2.33 bits per heavy atom. The minimum Gasteiger partial charge on any atom is -0.303 e. The van der Waals surface area contributed by atoms with Crippen molar-refractivity contribution in [2.24, 2.45) is 5.92 Å². The first-order chi connectivity index (χ1) is 8.32. The summed E-state index contributed by atoms with van der Waals surface area (Å²) in [6.45, 7) is 13.6. The van der Waals surface area contributed by atoms with E-state index >= 15 is 0 Å². The van der Waals surface area contributed by atoms with Gasteiger partial charge in [0.05, 0.1) is 5.69 Å². The zero-order chi connectivity index (χ0) is 13.5. The molecule has 2 heterocycles. The number of hydrogen-bond donors (Lipinski definition) is 0. The van der Waals surface area contributed by atoms with Gasteiger partial charge in [-0.1, -0.05) is 47.6 Å². The number of fused-ring (bicyclic) bond motifs is 1. The molecule has 0 radical (unpaired) electrons. The molecule has 2 heteroatoms. The van der Waals surface area contributed by atoms with Gasteiger partial charge in [-0.25, -0.2) is 4.98 Å². The van der Waals surface area contributed by atoms with E-state index in [1.807, 2.05) is 0 Å². The Hall–Kier alpha value is -1.31. The second kappa shape index (κ2) is 4.42. The van der Waals surface area contributed by atoms with Crippen molar-refractivity contribution in [2.45, 2.75) is 52.9 Å². The van der Waals surface area contributed by atoms with Crippen molar-refractivity contribution >= 4 is 5.65 Å². The maximum atomic E-state index is 4.85. The second-order valence-electron chi connectivity index (χ2n) is 6.56. The highest BCUT2D eigenvalue weighted by Crippen LogP contribution is 2.34. The van der Waals surface area contributed by atoms with Crippen LogP contribution in [-0.2, 0) is 5.41 Å². The molecule has 0 saturated carbocycles. The van der Waals surface area contributed by atoms with Crippen LogP contribution in [0, 0.1) is 5.92 Å². The van der Waals surface area contributed by atoms with E-state index < -0.39 is 0 Å². The summed E-state index contributed by atoms with van der Waals surface area (Å²) in [5.74, 6) is 1.13. The second-order valence-corrected chi connectivity index (χ2v) is 6.56. The fourth-order valence-electron chi connectivity index (χ4n) is 2.32. The number of aromatic nitrogens is 2. The third-order valence-electron chi connectivity index (χ3n) is 3.71. The van der Waals surface area contributed by atoms with Gasteiger partial charge < -0.3 is 4.40 Å². The Morgan fingerprint density at radius 2 is 1.78 bits per heavy atom. The quantitative estimate of drug-likeness (QED) is 0.765.